The summed E-state index contributed by atoms with van der Waals surface area (Å²) in [6.45, 7) is 5.96. The lowest BCUT2D eigenvalue weighted by atomic mass is 10.2. The van der Waals surface area contributed by atoms with E-state index in [-0.39, 0.29) is 12.1 Å². The van der Waals surface area contributed by atoms with E-state index in [0.717, 1.165) is 37.6 Å². The Labute approximate surface area is 137 Å². The number of pyridine rings is 1. The minimum Gasteiger partial charge on any atom is -0.374 e. The number of nitrogens with one attached hydrogen (secondary N) is 1. The molecule has 1 aliphatic heterocycles. The van der Waals surface area contributed by atoms with E-state index in [9.17, 15) is 4.79 Å². The highest BCUT2D eigenvalue weighted by Crippen LogP contribution is 2.30. The van der Waals surface area contributed by atoms with Crippen molar-refractivity contribution in [2.45, 2.75) is 25.9 Å². The Kier molecular flexibility index (Phi) is 5.13. The molecule has 0 radical (unpaired) electrons. The van der Waals surface area contributed by atoms with Crippen LogP contribution in [0.2, 0.25) is 0 Å². The fourth-order valence-corrected chi connectivity index (χ4v) is 2.82. The second-order valence-corrected chi connectivity index (χ2v) is 6.72. The third-order valence-corrected chi connectivity index (χ3v) is 4.39. The van der Waals surface area contributed by atoms with Crippen molar-refractivity contribution in [3.8, 4) is 0 Å². The van der Waals surface area contributed by atoms with Gasteiger partial charge < -0.3 is 19.9 Å². The molecule has 126 valence electrons. The number of likely N-dealkylation sites (N-methyl/N-ethyl adjacent to an activating group) is 1. The molecule has 0 unspecified atom stereocenters. The average Bonchev–Trinajstić information content (AvgIpc) is 3.33. The molecule has 0 bridgehead atoms. The largest absolute Gasteiger partial charge is 0.374 e. The number of morpholine rings is 1. The Bertz CT molecular complexity index is 530. The van der Waals surface area contributed by atoms with Gasteiger partial charge >= 0.3 is 6.03 Å². The van der Waals surface area contributed by atoms with Gasteiger partial charge in [0, 0.05) is 31.9 Å². The Morgan fingerprint density at radius 3 is 2.91 bits per heavy atom. The third-order valence-electron chi connectivity index (χ3n) is 4.39. The van der Waals surface area contributed by atoms with Crippen LogP contribution in [-0.4, -0.2) is 66.8 Å². The van der Waals surface area contributed by atoms with E-state index in [4.69, 9.17) is 4.74 Å². The Hall–Kier alpha value is -1.66. The maximum atomic E-state index is 12.6. The monoisotopic (exact) mass is 318 g/mol. The summed E-state index contributed by atoms with van der Waals surface area (Å²) in [5, 5.41) is 2.96. The quantitative estimate of drug-likeness (QED) is 0.902. The molecule has 2 fully saturated rings. The van der Waals surface area contributed by atoms with Crippen LogP contribution in [0.5, 0.6) is 0 Å². The van der Waals surface area contributed by atoms with E-state index >= 15 is 0 Å². The molecule has 0 aromatic carbocycles. The Morgan fingerprint density at radius 2 is 2.26 bits per heavy atom. The van der Waals surface area contributed by atoms with Gasteiger partial charge in [0.25, 0.3) is 0 Å². The lowest BCUT2D eigenvalue weighted by Crippen LogP contribution is -2.49. The summed E-state index contributed by atoms with van der Waals surface area (Å²) in [6.07, 6.45) is 4.24. The van der Waals surface area contributed by atoms with Gasteiger partial charge in [-0.1, -0.05) is 0 Å². The number of hydrogen-bond donors (Lipinski definition) is 1. The van der Waals surface area contributed by atoms with Crippen molar-refractivity contribution in [3.63, 3.8) is 0 Å². The van der Waals surface area contributed by atoms with E-state index < -0.39 is 0 Å². The zero-order chi connectivity index (χ0) is 16.2. The fraction of sp³-hybridized carbons (Fsp3) is 0.647. The topological polar surface area (TPSA) is 57.7 Å². The summed E-state index contributed by atoms with van der Waals surface area (Å²) in [6, 6.07) is 3.74. The maximum absolute atomic E-state index is 12.6. The van der Waals surface area contributed by atoms with Crippen molar-refractivity contribution < 1.29 is 9.53 Å². The number of carbonyl (C=O) groups excluding carboxylic acids is 1. The molecule has 1 aliphatic carbocycles. The fourth-order valence-electron chi connectivity index (χ4n) is 2.82. The molecule has 2 heterocycles. The number of aromatic nitrogens is 1. The normalized spacial score (nSPS) is 21.9. The molecule has 6 nitrogen and oxygen atoms in total. The SMILES string of the molecule is Cc1ccc(NC(=O)N(CC2CC2)C[C@H]2CN(C)CCO2)cn1. The minimum absolute atomic E-state index is 0.0561. The zero-order valence-electron chi connectivity index (χ0n) is 14.0. The molecular formula is C17H26N4O2. The van der Waals surface area contributed by atoms with Crippen LogP contribution >= 0.6 is 0 Å². The highest BCUT2D eigenvalue weighted by molar-refractivity contribution is 5.89. The van der Waals surface area contributed by atoms with Crippen molar-refractivity contribution in [1.82, 2.24) is 14.8 Å². The first kappa shape index (κ1) is 16.2. The molecule has 1 atom stereocenters. The van der Waals surface area contributed by atoms with Crippen LogP contribution in [0, 0.1) is 12.8 Å². The lowest BCUT2D eigenvalue weighted by molar-refractivity contribution is -0.0302. The number of anilines is 1. The molecular weight excluding hydrogens is 292 g/mol. The van der Waals surface area contributed by atoms with Crippen LogP contribution in [0.1, 0.15) is 18.5 Å². The summed E-state index contributed by atoms with van der Waals surface area (Å²) in [5.41, 5.74) is 1.68. The van der Waals surface area contributed by atoms with E-state index in [2.05, 4.69) is 22.2 Å². The Morgan fingerprint density at radius 1 is 1.43 bits per heavy atom. The van der Waals surface area contributed by atoms with Gasteiger partial charge in [0.15, 0.2) is 0 Å². The molecule has 2 aliphatic rings. The lowest BCUT2D eigenvalue weighted by Gasteiger charge is -2.34. The van der Waals surface area contributed by atoms with E-state index in [1.165, 1.54) is 12.8 Å². The number of rotatable bonds is 5. The third kappa shape index (κ3) is 4.91. The van der Waals surface area contributed by atoms with E-state index in [1.807, 2.05) is 24.0 Å². The molecule has 3 rings (SSSR count). The van der Waals surface area contributed by atoms with Crippen molar-refractivity contribution in [1.29, 1.82) is 0 Å². The predicted octanol–water partition coefficient (Wildman–Crippen LogP) is 1.96. The van der Waals surface area contributed by atoms with Gasteiger partial charge in [-0.15, -0.1) is 0 Å². The number of nitrogens with zero attached hydrogens (tertiary/aromatic N) is 3. The van der Waals surface area contributed by atoms with Crippen LogP contribution in [0.4, 0.5) is 10.5 Å². The summed E-state index contributed by atoms with van der Waals surface area (Å²) in [5.74, 6) is 0.651. The molecule has 1 saturated heterocycles. The second-order valence-electron chi connectivity index (χ2n) is 6.72. The van der Waals surface area contributed by atoms with Crippen LogP contribution in [-0.2, 0) is 4.74 Å². The van der Waals surface area contributed by atoms with Gasteiger partial charge in [0.1, 0.15) is 0 Å². The number of ether oxygens (including phenoxy) is 1. The number of amides is 2. The highest BCUT2D eigenvalue weighted by Gasteiger charge is 2.29. The highest BCUT2D eigenvalue weighted by atomic mass is 16.5. The van der Waals surface area contributed by atoms with Gasteiger partial charge in [-0.25, -0.2) is 4.79 Å². The van der Waals surface area contributed by atoms with Gasteiger partial charge in [-0.3, -0.25) is 4.98 Å². The molecule has 2 amide bonds. The van der Waals surface area contributed by atoms with Crippen molar-refractivity contribution in [2.24, 2.45) is 5.92 Å². The molecule has 1 aromatic heterocycles. The van der Waals surface area contributed by atoms with Gasteiger partial charge in [-0.05, 0) is 44.9 Å². The Balaban J connectivity index is 1.60. The van der Waals surface area contributed by atoms with Gasteiger partial charge in [0.2, 0.25) is 0 Å². The number of carbonyl (C=O) groups is 1. The van der Waals surface area contributed by atoms with Crippen molar-refractivity contribution >= 4 is 11.7 Å². The first-order valence-corrected chi connectivity index (χ1v) is 8.39. The average molecular weight is 318 g/mol. The zero-order valence-corrected chi connectivity index (χ0v) is 14.0. The molecule has 6 heteroatoms. The molecule has 1 saturated carbocycles. The summed E-state index contributed by atoms with van der Waals surface area (Å²) >= 11 is 0. The first-order chi connectivity index (χ1) is 11.1. The van der Waals surface area contributed by atoms with Crippen LogP contribution < -0.4 is 5.32 Å². The molecule has 23 heavy (non-hydrogen) atoms. The van der Waals surface area contributed by atoms with Gasteiger partial charge in [-0.2, -0.15) is 0 Å². The first-order valence-electron chi connectivity index (χ1n) is 8.39. The van der Waals surface area contributed by atoms with Gasteiger partial charge in [0.05, 0.1) is 24.6 Å². The van der Waals surface area contributed by atoms with Crippen molar-refractivity contribution in [2.75, 3.05) is 45.2 Å². The molecule has 1 N–H and O–H groups in total. The number of hydrogen-bond acceptors (Lipinski definition) is 4. The second kappa shape index (κ2) is 7.27. The van der Waals surface area contributed by atoms with Crippen LogP contribution in [0.3, 0.4) is 0 Å². The smallest absolute Gasteiger partial charge is 0.321 e. The number of urea groups is 1. The summed E-state index contributed by atoms with van der Waals surface area (Å²) in [4.78, 5) is 21.0. The van der Waals surface area contributed by atoms with Crippen LogP contribution in [0.25, 0.3) is 0 Å². The predicted molar refractivity (Wildman–Crippen MR) is 89.5 cm³/mol. The van der Waals surface area contributed by atoms with E-state index in [1.54, 1.807) is 6.20 Å². The summed E-state index contributed by atoms with van der Waals surface area (Å²) < 4.78 is 5.82. The maximum Gasteiger partial charge on any atom is 0.321 e. The van der Waals surface area contributed by atoms with E-state index in [0.29, 0.717) is 12.5 Å². The molecule has 0 spiro atoms. The standard InChI is InChI=1S/C17H26N4O2/c1-13-3-6-15(9-18-13)19-17(22)21(10-14-4-5-14)12-16-11-20(2)7-8-23-16/h3,6,9,14,16H,4-5,7-8,10-12H2,1-2H3,(H,19,22)/t16-/m1/s1. The van der Waals surface area contributed by atoms with Crippen LogP contribution in [0.15, 0.2) is 18.3 Å². The summed E-state index contributed by atoms with van der Waals surface area (Å²) in [7, 11) is 2.10. The molecule has 1 aromatic rings. The minimum atomic E-state index is -0.0561. The number of aryl methyl sites for hydroxylation is 1. The van der Waals surface area contributed by atoms with Crippen molar-refractivity contribution in [3.05, 3.63) is 24.0 Å².